The summed E-state index contributed by atoms with van der Waals surface area (Å²) in [5.41, 5.74) is 4.70. The Hall–Kier alpha value is -3.30. The fourth-order valence-corrected chi connectivity index (χ4v) is 5.00. The minimum atomic E-state index is 0.00979. The van der Waals surface area contributed by atoms with Gasteiger partial charge in [0.15, 0.2) is 6.29 Å². The number of likely N-dealkylation sites (N-methyl/N-ethyl adjacent to an activating group) is 1. The predicted octanol–water partition coefficient (Wildman–Crippen LogP) is 4.06. The molecule has 9 heteroatoms. The van der Waals surface area contributed by atoms with E-state index in [4.69, 9.17) is 4.74 Å². The summed E-state index contributed by atoms with van der Waals surface area (Å²) < 4.78 is 7.48. The van der Waals surface area contributed by atoms with Gasteiger partial charge in [-0.2, -0.15) is 5.10 Å². The van der Waals surface area contributed by atoms with Crippen LogP contribution >= 0.6 is 0 Å². The summed E-state index contributed by atoms with van der Waals surface area (Å²) in [6, 6.07) is 6.12. The molecule has 2 aliphatic rings. The number of aldehydes is 1. The van der Waals surface area contributed by atoms with Gasteiger partial charge in [-0.15, -0.1) is 0 Å². The minimum Gasteiger partial charge on any atom is -0.379 e. The molecule has 2 aromatic heterocycles. The summed E-state index contributed by atoms with van der Waals surface area (Å²) in [5, 5.41) is 7.74. The topological polar surface area (TPSA) is 92.6 Å². The van der Waals surface area contributed by atoms with Gasteiger partial charge in [0.05, 0.1) is 30.1 Å². The van der Waals surface area contributed by atoms with E-state index in [-0.39, 0.29) is 11.9 Å². The highest BCUT2D eigenvalue weighted by Gasteiger charge is 2.27. The zero-order chi connectivity index (χ0) is 28.4. The third-order valence-corrected chi connectivity index (χ3v) is 6.94. The largest absolute Gasteiger partial charge is 0.379 e. The van der Waals surface area contributed by atoms with Crippen LogP contribution in [0.3, 0.4) is 0 Å². The Kier molecular flexibility index (Phi) is 11.4. The van der Waals surface area contributed by atoms with Crippen LogP contribution in [0.5, 0.6) is 0 Å². The summed E-state index contributed by atoms with van der Waals surface area (Å²) in [4.78, 5) is 34.7. The number of carbonyl (C=O) groups excluding carboxylic acids is 2. The third kappa shape index (κ3) is 7.42. The first-order valence-corrected chi connectivity index (χ1v) is 14.0. The first-order chi connectivity index (χ1) is 18.9. The molecule has 4 rings (SSSR count). The first-order valence-electron chi connectivity index (χ1n) is 14.0. The van der Waals surface area contributed by atoms with Crippen LogP contribution in [0.2, 0.25) is 0 Å². The van der Waals surface area contributed by atoms with Crippen molar-refractivity contribution in [1.82, 2.24) is 25.0 Å². The van der Waals surface area contributed by atoms with Gasteiger partial charge in [-0.25, -0.2) is 4.98 Å². The molecule has 0 radical (unpaired) electrons. The van der Waals surface area contributed by atoms with Gasteiger partial charge in [0, 0.05) is 50.6 Å². The molecule has 1 amide bonds. The van der Waals surface area contributed by atoms with Gasteiger partial charge >= 0.3 is 0 Å². The highest BCUT2D eigenvalue weighted by molar-refractivity contribution is 5.99. The Balaban J connectivity index is 0.00000205. The number of hydrogen-bond donors (Lipinski definition) is 1. The lowest BCUT2D eigenvalue weighted by atomic mass is 10.0. The Bertz CT molecular complexity index is 1180. The standard InChI is InChI=1S/C28H38N6O3.C2H6/c1-20(2)25(28(36)33-11-6-10-32(12-13-33)26-8-5-7-21(3)31-26)15-22(16-29-4)27-23(18-35)17-30-34(27)24-9-14-37-19-24;1-2/h5,7-8,15,17-18,24,29H,6,9-14,16,19H2,1-4H3;1-2H3/b22-15+;/t24-;/m0./s1. The van der Waals surface area contributed by atoms with Gasteiger partial charge < -0.3 is 19.9 Å². The number of anilines is 1. The second-order valence-electron chi connectivity index (χ2n) is 9.91. The van der Waals surface area contributed by atoms with Gasteiger partial charge in [-0.05, 0) is 64.4 Å². The zero-order valence-electron chi connectivity index (χ0n) is 24.4. The third-order valence-electron chi connectivity index (χ3n) is 6.94. The molecule has 1 atom stereocenters. The van der Waals surface area contributed by atoms with Gasteiger partial charge in [0.1, 0.15) is 5.82 Å². The molecular weight excluding hydrogens is 492 g/mol. The molecule has 39 heavy (non-hydrogen) atoms. The van der Waals surface area contributed by atoms with Crippen LogP contribution in [-0.4, -0.2) is 84.8 Å². The van der Waals surface area contributed by atoms with E-state index < -0.39 is 0 Å². The molecule has 4 heterocycles. The smallest absolute Gasteiger partial charge is 0.253 e. The van der Waals surface area contributed by atoms with Crippen LogP contribution in [0.15, 0.2) is 41.6 Å². The Morgan fingerprint density at radius 3 is 2.62 bits per heavy atom. The monoisotopic (exact) mass is 536 g/mol. The number of hydrogen-bond acceptors (Lipinski definition) is 7. The number of aryl methyl sites for hydroxylation is 1. The van der Waals surface area contributed by atoms with Crippen LogP contribution in [-0.2, 0) is 9.53 Å². The van der Waals surface area contributed by atoms with E-state index in [0.29, 0.717) is 44.0 Å². The zero-order valence-corrected chi connectivity index (χ0v) is 24.4. The van der Waals surface area contributed by atoms with Crippen molar-refractivity contribution in [2.75, 3.05) is 57.9 Å². The highest BCUT2D eigenvalue weighted by atomic mass is 16.5. The molecule has 0 saturated carbocycles. The first kappa shape index (κ1) is 30.2. The number of amides is 1. The van der Waals surface area contributed by atoms with E-state index in [2.05, 4.69) is 20.3 Å². The van der Waals surface area contributed by atoms with E-state index in [1.165, 1.54) is 0 Å². The lowest BCUT2D eigenvalue weighted by Gasteiger charge is -2.24. The Labute approximate surface area is 232 Å². The predicted molar refractivity (Wildman–Crippen MR) is 156 cm³/mol. The fourth-order valence-electron chi connectivity index (χ4n) is 5.00. The van der Waals surface area contributed by atoms with Crippen molar-refractivity contribution < 1.29 is 14.3 Å². The summed E-state index contributed by atoms with van der Waals surface area (Å²) >= 11 is 0. The molecule has 2 aromatic rings. The van der Waals surface area contributed by atoms with Gasteiger partial charge in [-0.1, -0.05) is 25.5 Å². The number of nitrogens with one attached hydrogen (secondary N) is 1. The number of ether oxygens (including phenoxy) is 1. The van der Waals surface area contributed by atoms with E-state index >= 15 is 0 Å². The van der Waals surface area contributed by atoms with Crippen molar-refractivity contribution in [2.45, 2.75) is 53.5 Å². The highest BCUT2D eigenvalue weighted by Crippen LogP contribution is 2.28. The molecule has 1 N–H and O–H groups in total. The molecule has 212 valence electrons. The lowest BCUT2D eigenvalue weighted by Crippen LogP contribution is -2.36. The molecule has 0 bridgehead atoms. The van der Waals surface area contributed by atoms with Crippen molar-refractivity contribution >= 4 is 23.6 Å². The molecule has 0 spiro atoms. The summed E-state index contributed by atoms with van der Waals surface area (Å²) in [6.45, 7) is 14.6. The van der Waals surface area contributed by atoms with E-state index in [1.807, 2.05) is 75.5 Å². The van der Waals surface area contributed by atoms with Crippen molar-refractivity contribution in [2.24, 2.45) is 0 Å². The van der Waals surface area contributed by atoms with Crippen molar-refractivity contribution in [3.8, 4) is 0 Å². The minimum absolute atomic E-state index is 0.00979. The summed E-state index contributed by atoms with van der Waals surface area (Å²) in [5.74, 6) is 0.967. The van der Waals surface area contributed by atoms with Gasteiger partial charge in [0.25, 0.3) is 5.91 Å². The average molecular weight is 537 g/mol. The van der Waals surface area contributed by atoms with Crippen LogP contribution in [0, 0.1) is 6.92 Å². The summed E-state index contributed by atoms with van der Waals surface area (Å²) in [6.07, 6.45) is 6.10. The maximum atomic E-state index is 13.9. The summed E-state index contributed by atoms with van der Waals surface area (Å²) in [7, 11) is 1.86. The number of aromatic nitrogens is 3. The normalized spacial score (nSPS) is 17.8. The molecule has 2 saturated heterocycles. The van der Waals surface area contributed by atoms with E-state index in [9.17, 15) is 9.59 Å². The maximum Gasteiger partial charge on any atom is 0.253 e. The number of allylic oxidation sites excluding steroid dienone is 1. The van der Waals surface area contributed by atoms with Crippen molar-refractivity contribution in [1.29, 1.82) is 0 Å². The SMILES string of the molecule is CC.CNC/C(=C\C(C(=O)N1CCCN(c2cccc(C)n2)CC1)=C(C)C)c1c(C=O)cnn1[C@H]1CCOC1. The molecule has 0 unspecified atom stereocenters. The van der Waals surface area contributed by atoms with Crippen LogP contribution in [0.4, 0.5) is 5.82 Å². The number of pyridine rings is 1. The van der Waals surface area contributed by atoms with E-state index in [0.717, 1.165) is 60.6 Å². The van der Waals surface area contributed by atoms with Gasteiger partial charge in [-0.3, -0.25) is 14.3 Å². The van der Waals surface area contributed by atoms with Crippen LogP contribution < -0.4 is 10.2 Å². The number of carbonyl (C=O) groups is 2. The van der Waals surface area contributed by atoms with Crippen molar-refractivity contribution in [3.63, 3.8) is 0 Å². The Morgan fingerprint density at radius 2 is 1.97 bits per heavy atom. The average Bonchev–Trinajstić information content (AvgIpc) is 3.56. The van der Waals surface area contributed by atoms with Crippen LogP contribution in [0.1, 0.15) is 68.3 Å². The van der Waals surface area contributed by atoms with Crippen LogP contribution in [0.25, 0.3) is 5.57 Å². The molecule has 2 aliphatic heterocycles. The van der Waals surface area contributed by atoms with Crippen molar-refractivity contribution in [3.05, 3.63) is 58.6 Å². The Morgan fingerprint density at radius 1 is 1.18 bits per heavy atom. The molecular formula is C30H44N6O3. The van der Waals surface area contributed by atoms with Gasteiger partial charge in [0.2, 0.25) is 0 Å². The molecule has 0 aromatic carbocycles. The lowest BCUT2D eigenvalue weighted by molar-refractivity contribution is -0.126. The second-order valence-corrected chi connectivity index (χ2v) is 9.91. The molecule has 9 nitrogen and oxygen atoms in total. The molecule has 0 aliphatic carbocycles. The molecule has 2 fully saturated rings. The quantitative estimate of drug-likeness (QED) is 0.309. The number of nitrogens with zero attached hydrogens (tertiary/aromatic N) is 5. The maximum absolute atomic E-state index is 13.9. The fraction of sp³-hybridized carbons (Fsp3) is 0.533. The number of rotatable bonds is 8. The second kappa shape index (κ2) is 14.7. The van der Waals surface area contributed by atoms with E-state index in [1.54, 1.807) is 6.20 Å².